The highest BCUT2D eigenvalue weighted by Gasteiger charge is 2.17. The number of halogens is 1. The van der Waals surface area contributed by atoms with Crippen LogP contribution in [-0.4, -0.2) is 35.4 Å². The van der Waals surface area contributed by atoms with E-state index in [0.29, 0.717) is 11.6 Å². The number of aromatic nitrogens is 6. The van der Waals surface area contributed by atoms with Crippen LogP contribution >= 0.6 is 11.6 Å². The van der Waals surface area contributed by atoms with Crippen molar-refractivity contribution in [1.29, 1.82) is 0 Å². The molecular formula is C14H14ClN7O. The Morgan fingerprint density at radius 1 is 1.30 bits per heavy atom. The average molecular weight is 332 g/mol. The first kappa shape index (κ1) is 15.2. The maximum Gasteiger partial charge on any atom is 0.251 e. The normalized spacial score (nSPS) is 12.1. The molecule has 0 radical (unpaired) electrons. The molecule has 0 aliphatic rings. The lowest BCUT2D eigenvalue weighted by molar-refractivity contribution is -0.119. The lowest BCUT2D eigenvalue weighted by Gasteiger charge is -2.09. The second-order valence-corrected chi connectivity index (χ2v) is 5.37. The Hall–Kier alpha value is -2.74. The van der Waals surface area contributed by atoms with Crippen molar-refractivity contribution in [2.75, 3.05) is 5.32 Å². The van der Waals surface area contributed by atoms with E-state index in [4.69, 9.17) is 11.6 Å². The Morgan fingerprint density at radius 2 is 2.09 bits per heavy atom. The number of carbonyl (C=O) groups is 1. The maximum absolute atomic E-state index is 12.1. The van der Waals surface area contributed by atoms with Gasteiger partial charge in [-0.15, -0.1) is 5.10 Å². The van der Waals surface area contributed by atoms with Gasteiger partial charge in [0.1, 0.15) is 25.0 Å². The minimum Gasteiger partial charge on any atom is -0.291 e. The summed E-state index contributed by atoms with van der Waals surface area (Å²) in [4.78, 5) is 20.0. The van der Waals surface area contributed by atoms with Crippen LogP contribution in [-0.2, 0) is 11.3 Å². The van der Waals surface area contributed by atoms with Crippen molar-refractivity contribution >= 4 is 23.5 Å². The van der Waals surface area contributed by atoms with E-state index >= 15 is 0 Å². The molecule has 3 rings (SSSR count). The molecule has 0 saturated carbocycles. The highest BCUT2D eigenvalue weighted by molar-refractivity contribution is 6.30. The third-order valence-electron chi connectivity index (χ3n) is 3.24. The predicted molar refractivity (Wildman–Crippen MR) is 83.9 cm³/mol. The summed E-state index contributed by atoms with van der Waals surface area (Å²) in [7, 11) is 0. The van der Waals surface area contributed by atoms with Crippen molar-refractivity contribution in [1.82, 2.24) is 29.5 Å². The summed E-state index contributed by atoms with van der Waals surface area (Å²) in [6.45, 7) is 2.26. The summed E-state index contributed by atoms with van der Waals surface area (Å²) in [5, 5.41) is 11.5. The number of benzene rings is 1. The van der Waals surface area contributed by atoms with Crippen molar-refractivity contribution in [3.63, 3.8) is 0 Å². The summed E-state index contributed by atoms with van der Waals surface area (Å²) >= 11 is 5.85. The van der Waals surface area contributed by atoms with E-state index < -0.39 is 6.04 Å². The van der Waals surface area contributed by atoms with Crippen molar-refractivity contribution in [3.8, 4) is 0 Å². The van der Waals surface area contributed by atoms with Gasteiger partial charge < -0.3 is 0 Å². The van der Waals surface area contributed by atoms with Gasteiger partial charge in [-0.05, 0) is 24.6 Å². The molecule has 0 fully saturated rings. The van der Waals surface area contributed by atoms with E-state index in [0.717, 1.165) is 5.56 Å². The highest BCUT2D eigenvalue weighted by atomic mass is 35.5. The van der Waals surface area contributed by atoms with Gasteiger partial charge in [0.25, 0.3) is 5.91 Å². The van der Waals surface area contributed by atoms with Gasteiger partial charge in [-0.25, -0.2) is 19.3 Å². The Bertz CT molecular complexity index is 782. The monoisotopic (exact) mass is 331 g/mol. The fourth-order valence-electron chi connectivity index (χ4n) is 1.96. The van der Waals surface area contributed by atoms with Gasteiger partial charge >= 0.3 is 0 Å². The molecule has 2 heterocycles. The Labute approximate surface area is 137 Å². The molecule has 23 heavy (non-hydrogen) atoms. The van der Waals surface area contributed by atoms with Crippen LogP contribution in [0.15, 0.2) is 43.2 Å². The smallest absolute Gasteiger partial charge is 0.251 e. The number of nitrogens with zero attached hydrogens (tertiary/aromatic N) is 6. The zero-order valence-corrected chi connectivity index (χ0v) is 13.1. The molecule has 1 amide bonds. The fraction of sp³-hybridized carbons (Fsp3) is 0.214. The summed E-state index contributed by atoms with van der Waals surface area (Å²) in [6, 6.07) is 6.96. The summed E-state index contributed by atoms with van der Waals surface area (Å²) in [6.07, 6.45) is 4.42. The van der Waals surface area contributed by atoms with Crippen LogP contribution < -0.4 is 5.32 Å². The Balaban J connectivity index is 1.63. The molecule has 0 saturated heterocycles. The summed E-state index contributed by atoms with van der Waals surface area (Å²) in [5.74, 6) is -0.0179. The predicted octanol–water partition coefficient (Wildman–Crippen LogP) is 1.77. The molecule has 118 valence electrons. The zero-order chi connectivity index (χ0) is 16.2. The molecule has 1 N–H and O–H groups in total. The Morgan fingerprint density at radius 3 is 2.78 bits per heavy atom. The fourth-order valence-corrected chi connectivity index (χ4v) is 2.08. The van der Waals surface area contributed by atoms with E-state index in [2.05, 4.69) is 25.5 Å². The summed E-state index contributed by atoms with van der Waals surface area (Å²) < 4.78 is 3.10. The van der Waals surface area contributed by atoms with E-state index in [-0.39, 0.29) is 11.9 Å². The van der Waals surface area contributed by atoms with E-state index in [1.807, 2.05) is 24.3 Å². The van der Waals surface area contributed by atoms with Crippen molar-refractivity contribution < 1.29 is 4.79 Å². The zero-order valence-electron chi connectivity index (χ0n) is 12.3. The van der Waals surface area contributed by atoms with Gasteiger partial charge in [0.15, 0.2) is 0 Å². The van der Waals surface area contributed by atoms with E-state index in [1.165, 1.54) is 17.3 Å². The molecular weight excluding hydrogens is 318 g/mol. The standard InChI is InChI=1S/C14H14ClN7O/c1-10(22-8-16-7-18-22)13(23)19-14-17-9-21(20-14)6-11-2-4-12(15)5-3-11/h2-5,7-10H,6H2,1H3,(H,19,20,23)/t10-/m1/s1. The summed E-state index contributed by atoms with van der Waals surface area (Å²) in [5.41, 5.74) is 1.04. The molecule has 0 bridgehead atoms. The molecule has 0 aliphatic carbocycles. The molecule has 1 aromatic carbocycles. The molecule has 3 aromatic rings. The second-order valence-electron chi connectivity index (χ2n) is 4.93. The molecule has 0 aliphatic heterocycles. The minimum atomic E-state index is -0.499. The van der Waals surface area contributed by atoms with Crippen molar-refractivity contribution in [3.05, 3.63) is 53.8 Å². The van der Waals surface area contributed by atoms with Crippen LogP contribution in [0.1, 0.15) is 18.5 Å². The quantitative estimate of drug-likeness (QED) is 0.769. The van der Waals surface area contributed by atoms with Gasteiger partial charge in [-0.1, -0.05) is 23.7 Å². The van der Waals surface area contributed by atoms with Crippen LogP contribution in [0.3, 0.4) is 0 Å². The van der Waals surface area contributed by atoms with Crippen molar-refractivity contribution in [2.24, 2.45) is 0 Å². The number of anilines is 1. The molecule has 9 heteroatoms. The van der Waals surface area contributed by atoms with Gasteiger partial charge in [-0.2, -0.15) is 5.10 Å². The van der Waals surface area contributed by atoms with Gasteiger partial charge in [0, 0.05) is 5.02 Å². The van der Waals surface area contributed by atoms with Crippen LogP contribution in [0.4, 0.5) is 5.95 Å². The van der Waals surface area contributed by atoms with E-state index in [9.17, 15) is 4.79 Å². The van der Waals surface area contributed by atoms with Crippen LogP contribution in [0.2, 0.25) is 5.02 Å². The first-order valence-corrected chi connectivity index (χ1v) is 7.28. The number of hydrogen-bond acceptors (Lipinski definition) is 5. The first-order valence-electron chi connectivity index (χ1n) is 6.90. The largest absolute Gasteiger partial charge is 0.291 e. The lowest BCUT2D eigenvalue weighted by atomic mass is 10.2. The molecule has 0 unspecified atom stereocenters. The average Bonchev–Trinajstić information content (AvgIpc) is 3.21. The van der Waals surface area contributed by atoms with Gasteiger partial charge in [0.05, 0.1) is 6.54 Å². The van der Waals surface area contributed by atoms with Gasteiger partial charge in [-0.3, -0.25) is 10.1 Å². The van der Waals surface area contributed by atoms with E-state index in [1.54, 1.807) is 17.9 Å². The number of hydrogen-bond donors (Lipinski definition) is 1. The number of nitrogens with one attached hydrogen (secondary N) is 1. The van der Waals surface area contributed by atoms with Crippen LogP contribution in [0.5, 0.6) is 0 Å². The van der Waals surface area contributed by atoms with Crippen LogP contribution in [0.25, 0.3) is 0 Å². The third kappa shape index (κ3) is 3.72. The number of carbonyl (C=O) groups excluding carboxylic acids is 1. The first-order chi connectivity index (χ1) is 11.1. The van der Waals surface area contributed by atoms with Crippen molar-refractivity contribution in [2.45, 2.75) is 19.5 Å². The molecule has 8 nitrogen and oxygen atoms in total. The highest BCUT2D eigenvalue weighted by Crippen LogP contribution is 2.11. The number of rotatable bonds is 5. The third-order valence-corrected chi connectivity index (χ3v) is 3.49. The second kappa shape index (κ2) is 6.57. The maximum atomic E-state index is 12.1. The molecule has 0 spiro atoms. The Kier molecular flexibility index (Phi) is 4.33. The number of amides is 1. The molecule has 1 atom stereocenters. The molecule has 2 aromatic heterocycles. The topological polar surface area (TPSA) is 90.5 Å². The van der Waals surface area contributed by atoms with Gasteiger partial charge in [0.2, 0.25) is 5.95 Å². The SMILES string of the molecule is C[C@H](C(=O)Nc1ncn(Cc2ccc(Cl)cc2)n1)n1cncn1. The van der Waals surface area contributed by atoms with Crippen LogP contribution in [0, 0.1) is 0 Å². The lowest BCUT2D eigenvalue weighted by Crippen LogP contribution is -2.24. The minimum absolute atomic E-state index is 0.246.